The lowest BCUT2D eigenvalue weighted by Crippen LogP contribution is -2.64. The summed E-state index contributed by atoms with van der Waals surface area (Å²) in [5, 5.41) is 8.06. The fourth-order valence-corrected chi connectivity index (χ4v) is 6.26. The minimum absolute atomic E-state index is 0.0159. The van der Waals surface area contributed by atoms with Gasteiger partial charge in [0, 0.05) is 44.0 Å². The van der Waals surface area contributed by atoms with Gasteiger partial charge in [0.2, 0.25) is 0 Å². The molecule has 2 aliphatic heterocycles. The summed E-state index contributed by atoms with van der Waals surface area (Å²) < 4.78 is 82.9. The van der Waals surface area contributed by atoms with Crippen LogP contribution in [0.2, 0.25) is 0 Å². The second-order valence-corrected chi connectivity index (χ2v) is 12.0. The van der Waals surface area contributed by atoms with E-state index in [1.165, 1.54) is 26.3 Å². The SMILES string of the molecule is CNC(=O)c1ccc(NCC#Cc2cc(C(=O)N[C@@H]3[C@@H](C)CN(C4CCOCC4)CC3(F)F)c3ncn(CC(F)(F)F)c3c2)c(OC)c1. The molecule has 258 valence electrons. The molecule has 2 atom stereocenters. The number of nitrogens with zero attached hydrogens (tertiary/aromatic N) is 3. The molecule has 2 saturated heterocycles. The number of nitrogens with one attached hydrogen (secondary N) is 3. The van der Waals surface area contributed by atoms with Crippen LogP contribution < -0.4 is 20.7 Å². The van der Waals surface area contributed by atoms with Gasteiger partial charge in [-0.15, -0.1) is 0 Å². The lowest BCUT2D eigenvalue weighted by molar-refractivity contribution is -0.140. The molecule has 3 N–H and O–H groups in total. The van der Waals surface area contributed by atoms with Crippen LogP contribution in [0.4, 0.5) is 27.6 Å². The number of halogens is 5. The van der Waals surface area contributed by atoms with Crippen LogP contribution in [-0.2, 0) is 11.3 Å². The van der Waals surface area contributed by atoms with Gasteiger partial charge in [-0.2, -0.15) is 13.2 Å². The molecule has 0 spiro atoms. The monoisotopic (exact) mass is 676 g/mol. The van der Waals surface area contributed by atoms with Gasteiger partial charge < -0.3 is 30.0 Å². The van der Waals surface area contributed by atoms with E-state index < -0.39 is 43.1 Å². The Morgan fingerprint density at radius 1 is 1.15 bits per heavy atom. The minimum Gasteiger partial charge on any atom is -0.495 e. The van der Waals surface area contributed by atoms with Crippen molar-refractivity contribution in [1.82, 2.24) is 25.1 Å². The number of amides is 2. The number of imidazole rings is 1. The Labute approximate surface area is 274 Å². The van der Waals surface area contributed by atoms with E-state index in [-0.39, 0.29) is 40.7 Å². The van der Waals surface area contributed by atoms with Crippen LogP contribution >= 0.6 is 0 Å². The van der Waals surface area contributed by atoms with Crippen molar-refractivity contribution in [2.45, 2.75) is 50.5 Å². The highest BCUT2D eigenvalue weighted by molar-refractivity contribution is 6.05. The van der Waals surface area contributed by atoms with Crippen molar-refractivity contribution in [1.29, 1.82) is 0 Å². The lowest BCUT2D eigenvalue weighted by atomic mass is 9.88. The average molecular weight is 677 g/mol. The number of hydrogen-bond acceptors (Lipinski definition) is 7. The first-order chi connectivity index (χ1) is 22.8. The number of methoxy groups -OCH3 is 1. The molecule has 0 bridgehead atoms. The Kier molecular flexibility index (Phi) is 10.4. The zero-order valence-electron chi connectivity index (χ0n) is 26.7. The number of piperidine rings is 1. The zero-order chi connectivity index (χ0) is 34.6. The van der Waals surface area contributed by atoms with E-state index in [1.54, 1.807) is 30.0 Å². The zero-order valence-corrected chi connectivity index (χ0v) is 26.7. The number of alkyl halides is 5. The van der Waals surface area contributed by atoms with Crippen LogP contribution in [0.15, 0.2) is 36.7 Å². The van der Waals surface area contributed by atoms with Gasteiger partial charge in [-0.1, -0.05) is 18.8 Å². The molecule has 15 heteroatoms. The second-order valence-electron chi connectivity index (χ2n) is 12.0. The first-order valence-corrected chi connectivity index (χ1v) is 15.5. The number of aromatic nitrogens is 2. The number of hydrogen-bond donors (Lipinski definition) is 3. The number of carbonyl (C=O) groups is 2. The molecule has 48 heavy (non-hydrogen) atoms. The highest BCUT2D eigenvalue weighted by atomic mass is 19.4. The van der Waals surface area contributed by atoms with E-state index in [2.05, 4.69) is 32.8 Å². The number of rotatable bonds is 8. The molecule has 2 amide bonds. The molecule has 10 nitrogen and oxygen atoms in total. The van der Waals surface area contributed by atoms with E-state index in [4.69, 9.17) is 9.47 Å². The van der Waals surface area contributed by atoms with Crippen LogP contribution in [0.3, 0.4) is 0 Å². The predicted octanol–water partition coefficient (Wildman–Crippen LogP) is 4.29. The van der Waals surface area contributed by atoms with Gasteiger partial charge in [-0.25, -0.2) is 13.8 Å². The summed E-state index contributed by atoms with van der Waals surface area (Å²) in [7, 11) is 2.95. The molecule has 2 aromatic carbocycles. The highest BCUT2D eigenvalue weighted by Crippen LogP contribution is 2.34. The van der Waals surface area contributed by atoms with Gasteiger partial charge in [0.15, 0.2) is 0 Å². The molecule has 3 heterocycles. The molecule has 5 rings (SSSR count). The number of benzene rings is 2. The molecular formula is C33H37F5N6O4. The largest absolute Gasteiger partial charge is 0.495 e. The van der Waals surface area contributed by atoms with Crippen molar-refractivity contribution in [3.63, 3.8) is 0 Å². The van der Waals surface area contributed by atoms with Gasteiger partial charge in [0.25, 0.3) is 17.7 Å². The molecule has 1 aromatic heterocycles. The smallest absolute Gasteiger partial charge is 0.406 e. The molecule has 0 radical (unpaired) electrons. The third-order valence-corrected chi connectivity index (χ3v) is 8.56. The third kappa shape index (κ3) is 7.99. The Morgan fingerprint density at radius 2 is 1.90 bits per heavy atom. The van der Waals surface area contributed by atoms with Gasteiger partial charge in [0.05, 0.1) is 49.3 Å². The summed E-state index contributed by atoms with van der Waals surface area (Å²) in [4.78, 5) is 31.4. The van der Waals surface area contributed by atoms with E-state index in [9.17, 15) is 22.8 Å². The first-order valence-electron chi connectivity index (χ1n) is 15.5. The molecular weight excluding hydrogens is 639 g/mol. The normalized spacial score (nSPS) is 20.1. The van der Waals surface area contributed by atoms with Gasteiger partial charge in [-0.05, 0) is 49.1 Å². The van der Waals surface area contributed by atoms with Crippen LogP contribution in [0.1, 0.15) is 46.0 Å². The van der Waals surface area contributed by atoms with E-state index in [0.29, 0.717) is 49.6 Å². The quantitative estimate of drug-likeness (QED) is 0.241. The Morgan fingerprint density at radius 3 is 2.56 bits per heavy atom. The summed E-state index contributed by atoms with van der Waals surface area (Å²) in [6, 6.07) is 5.96. The van der Waals surface area contributed by atoms with Gasteiger partial charge in [0.1, 0.15) is 17.8 Å². The van der Waals surface area contributed by atoms with Crippen molar-refractivity contribution in [2.24, 2.45) is 5.92 Å². The fraction of sp³-hybridized carbons (Fsp3) is 0.485. The maximum absolute atomic E-state index is 15.6. The van der Waals surface area contributed by atoms with Crippen LogP contribution in [0.5, 0.6) is 5.75 Å². The maximum atomic E-state index is 15.6. The number of fused-ring (bicyclic) bond motifs is 1. The Bertz CT molecular complexity index is 1710. The van der Waals surface area contributed by atoms with Crippen LogP contribution in [-0.4, -0.2) is 97.5 Å². The summed E-state index contributed by atoms with van der Waals surface area (Å²) >= 11 is 0. The Balaban J connectivity index is 1.39. The summed E-state index contributed by atoms with van der Waals surface area (Å²) in [6.45, 7) is 1.18. The van der Waals surface area contributed by atoms with Crippen molar-refractivity contribution in [3.05, 3.63) is 53.3 Å². The maximum Gasteiger partial charge on any atom is 0.406 e. The van der Waals surface area contributed by atoms with E-state index in [1.807, 2.05) is 0 Å². The first kappa shape index (κ1) is 34.9. The van der Waals surface area contributed by atoms with Gasteiger partial charge >= 0.3 is 6.18 Å². The third-order valence-electron chi connectivity index (χ3n) is 8.56. The lowest BCUT2D eigenvalue weighted by Gasteiger charge is -2.46. The number of likely N-dealkylation sites (tertiary alicyclic amines) is 1. The van der Waals surface area contributed by atoms with Crippen LogP contribution in [0.25, 0.3) is 11.0 Å². The van der Waals surface area contributed by atoms with E-state index >= 15 is 8.78 Å². The summed E-state index contributed by atoms with van der Waals surface area (Å²) in [5.74, 6) is 1.05. The van der Waals surface area contributed by atoms with E-state index in [0.717, 1.165) is 10.9 Å². The van der Waals surface area contributed by atoms with Crippen molar-refractivity contribution in [2.75, 3.05) is 52.3 Å². The second kappa shape index (κ2) is 14.4. The van der Waals surface area contributed by atoms with Gasteiger partial charge in [-0.3, -0.25) is 14.5 Å². The molecule has 0 saturated carbocycles. The van der Waals surface area contributed by atoms with Crippen molar-refractivity contribution < 1.29 is 41.0 Å². The molecule has 0 unspecified atom stereocenters. The topological polar surface area (TPSA) is 110 Å². The highest BCUT2D eigenvalue weighted by Gasteiger charge is 2.50. The average Bonchev–Trinajstić information content (AvgIpc) is 3.44. The fourth-order valence-electron chi connectivity index (χ4n) is 6.26. The van der Waals surface area contributed by atoms with Crippen molar-refractivity contribution in [3.8, 4) is 17.6 Å². The molecule has 3 aromatic rings. The summed E-state index contributed by atoms with van der Waals surface area (Å²) in [6.07, 6.45) is -2.31. The minimum atomic E-state index is -4.58. The summed E-state index contributed by atoms with van der Waals surface area (Å²) in [5.41, 5.74) is 0.880. The Hall–Kier alpha value is -4.42. The number of anilines is 1. The van der Waals surface area contributed by atoms with Crippen LogP contribution in [0, 0.1) is 17.8 Å². The predicted molar refractivity (Wildman–Crippen MR) is 168 cm³/mol. The molecule has 2 aliphatic rings. The van der Waals surface area contributed by atoms with Crippen molar-refractivity contribution >= 4 is 28.5 Å². The number of carbonyl (C=O) groups excluding carboxylic acids is 2. The molecule has 2 fully saturated rings. The molecule has 0 aliphatic carbocycles. The number of ether oxygens (including phenoxy) is 2. The standard InChI is InChI=1S/C33H37F5N6O4/c1-20-16-43(23-8-11-48-12-9-23)17-32(34,35)29(20)42-31(46)24-13-21(14-26-28(24)41-19-44(26)18-33(36,37)38)5-4-10-40-25-7-6-22(30(45)39-2)15-27(25)47-3/h6-7,13-15,19-20,23,29,40H,8-12,16-18H2,1-3H3,(H,39,45)(H,42,46)/t20-,29+/m0/s1.